The minimum Gasteiger partial charge on any atom is -0.396 e. The number of piperidine rings is 1. The molecule has 0 aliphatic carbocycles. The predicted octanol–water partition coefficient (Wildman–Crippen LogP) is 3.01. The van der Waals surface area contributed by atoms with Gasteiger partial charge in [0.15, 0.2) is 4.34 Å². The lowest BCUT2D eigenvalue weighted by atomic mass is 9.99. The molecule has 0 radical (unpaired) electrons. The van der Waals surface area contributed by atoms with Crippen molar-refractivity contribution in [3.63, 3.8) is 0 Å². The van der Waals surface area contributed by atoms with Gasteiger partial charge in [-0.1, -0.05) is 23.9 Å². The van der Waals surface area contributed by atoms with Gasteiger partial charge in [-0.3, -0.25) is 4.79 Å². The number of rotatable bonds is 4. The fourth-order valence-corrected chi connectivity index (χ4v) is 5.07. The fraction of sp³-hybridized carbons (Fsp3) is 0.500. The smallest absolute Gasteiger partial charge is 0.235 e. The van der Waals surface area contributed by atoms with Crippen molar-refractivity contribution >= 4 is 39.2 Å². The van der Waals surface area contributed by atoms with Gasteiger partial charge in [0.1, 0.15) is 0 Å². The van der Waals surface area contributed by atoms with Gasteiger partial charge in [0, 0.05) is 19.7 Å². The molecule has 3 rings (SSSR count). The van der Waals surface area contributed by atoms with Crippen LogP contribution in [0, 0.1) is 5.92 Å². The molecule has 4 nitrogen and oxygen atoms in total. The van der Waals surface area contributed by atoms with Gasteiger partial charge < -0.3 is 10.0 Å². The number of aliphatic hydroxyl groups excluding tert-OH is 1. The Morgan fingerprint density at radius 3 is 3.14 bits per heavy atom. The average Bonchev–Trinajstić information content (AvgIpc) is 2.96. The molecule has 0 spiro atoms. The maximum absolute atomic E-state index is 12.6. The minimum absolute atomic E-state index is 0.141. The van der Waals surface area contributed by atoms with Crippen molar-refractivity contribution in [2.45, 2.75) is 29.4 Å². The Morgan fingerprint density at radius 1 is 1.55 bits per heavy atom. The van der Waals surface area contributed by atoms with Crippen LogP contribution in [0.2, 0.25) is 0 Å². The SMILES string of the molecule is CC(Sc1nc2ccccc2s1)C(=O)N1CCCC(CO)C1. The standard InChI is InChI=1S/C16H20N2O2S2/c1-11(15(20)18-8-4-5-12(9-18)10-19)21-16-17-13-6-2-3-7-14(13)22-16/h2-3,6-7,11-12,19H,4-5,8-10H2,1H3. The van der Waals surface area contributed by atoms with Crippen molar-refractivity contribution in [1.29, 1.82) is 0 Å². The molecule has 1 aromatic heterocycles. The molecule has 1 aliphatic rings. The molecular weight excluding hydrogens is 316 g/mol. The first-order valence-electron chi connectivity index (χ1n) is 7.59. The van der Waals surface area contributed by atoms with Crippen molar-refractivity contribution < 1.29 is 9.90 Å². The van der Waals surface area contributed by atoms with Crippen LogP contribution >= 0.6 is 23.1 Å². The van der Waals surface area contributed by atoms with Crippen LogP contribution in [0.1, 0.15) is 19.8 Å². The second-order valence-corrected chi connectivity index (χ2v) is 8.30. The highest BCUT2D eigenvalue weighted by Crippen LogP contribution is 2.32. The van der Waals surface area contributed by atoms with Crippen molar-refractivity contribution in [3.8, 4) is 0 Å². The Labute approximate surface area is 138 Å². The highest BCUT2D eigenvalue weighted by Gasteiger charge is 2.27. The summed E-state index contributed by atoms with van der Waals surface area (Å²) in [6.07, 6.45) is 2.00. The number of amides is 1. The molecule has 1 fully saturated rings. The van der Waals surface area contributed by atoms with Gasteiger partial charge in [-0.05, 0) is 37.8 Å². The maximum Gasteiger partial charge on any atom is 0.235 e. The average molecular weight is 336 g/mol. The topological polar surface area (TPSA) is 53.4 Å². The Balaban J connectivity index is 1.65. The first-order valence-corrected chi connectivity index (χ1v) is 9.29. The number of carbonyl (C=O) groups excluding carboxylic acids is 1. The van der Waals surface area contributed by atoms with Gasteiger partial charge in [0.2, 0.25) is 5.91 Å². The normalized spacial score (nSPS) is 20.3. The molecule has 118 valence electrons. The number of benzene rings is 1. The summed E-state index contributed by atoms with van der Waals surface area (Å²) in [5.41, 5.74) is 0.993. The van der Waals surface area contributed by atoms with E-state index in [0.717, 1.165) is 33.9 Å². The van der Waals surface area contributed by atoms with E-state index < -0.39 is 0 Å². The van der Waals surface area contributed by atoms with Crippen LogP contribution in [0.4, 0.5) is 0 Å². The third kappa shape index (κ3) is 3.45. The van der Waals surface area contributed by atoms with Crippen LogP contribution in [0.5, 0.6) is 0 Å². The van der Waals surface area contributed by atoms with Gasteiger partial charge >= 0.3 is 0 Å². The molecule has 1 aromatic carbocycles. The number of likely N-dealkylation sites (tertiary alicyclic amines) is 1. The highest BCUT2D eigenvalue weighted by molar-refractivity contribution is 8.02. The van der Waals surface area contributed by atoms with E-state index in [1.54, 1.807) is 11.3 Å². The molecule has 6 heteroatoms. The molecule has 2 heterocycles. The Morgan fingerprint density at radius 2 is 2.36 bits per heavy atom. The second kappa shape index (κ2) is 6.98. The molecule has 1 amide bonds. The van der Waals surface area contributed by atoms with Gasteiger partial charge in [0.25, 0.3) is 0 Å². The van der Waals surface area contributed by atoms with E-state index in [4.69, 9.17) is 0 Å². The summed E-state index contributed by atoms with van der Waals surface area (Å²) < 4.78 is 2.10. The molecule has 0 saturated carbocycles. The summed E-state index contributed by atoms with van der Waals surface area (Å²) in [5.74, 6) is 0.389. The summed E-state index contributed by atoms with van der Waals surface area (Å²) >= 11 is 3.17. The third-order valence-corrected chi connectivity index (χ3v) is 6.21. The lowest BCUT2D eigenvalue weighted by Gasteiger charge is -2.33. The molecule has 1 saturated heterocycles. The summed E-state index contributed by atoms with van der Waals surface area (Å²) in [6, 6.07) is 8.04. The summed E-state index contributed by atoms with van der Waals surface area (Å²) in [6.45, 7) is 3.60. The largest absolute Gasteiger partial charge is 0.396 e. The number of aliphatic hydroxyl groups is 1. The van der Waals surface area contributed by atoms with Crippen LogP contribution < -0.4 is 0 Å². The zero-order valence-corrected chi connectivity index (χ0v) is 14.2. The quantitative estimate of drug-likeness (QED) is 0.872. The van der Waals surface area contributed by atoms with Gasteiger partial charge in [-0.15, -0.1) is 11.3 Å². The number of thiazole rings is 1. The van der Waals surface area contributed by atoms with Crippen molar-refractivity contribution in [1.82, 2.24) is 9.88 Å². The first kappa shape index (κ1) is 15.8. The molecule has 1 aliphatic heterocycles. The lowest BCUT2D eigenvalue weighted by molar-refractivity contribution is -0.132. The monoisotopic (exact) mass is 336 g/mol. The van der Waals surface area contributed by atoms with E-state index in [0.29, 0.717) is 6.54 Å². The zero-order valence-electron chi connectivity index (χ0n) is 12.6. The van der Waals surface area contributed by atoms with E-state index in [-0.39, 0.29) is 23.7 Å². The molecule has 2 aromatic rings. The van der Waals surface area contributed by atoms with Crippen LogP contribution in [0.3, 0.4) is 0 Å². The zero-order chi connectivity index (χ0) is 15.5. The summed E-state index contributed by atoms with van der Waals surface area (Å²) in [4.78, 5) is 19.1. The Kier molecular flexibility index (Phi) is 5.00. The van der Waals surface area contributed by atoms with E-state index in [9.17, 15) is 9.90 Å². The van der Waals surface area contributed by atoms with E-state index >= 15 is 0 Å². The highest BCUT2D eigenvalue weighted by atomic mass is 32.2. The number of para-hydroxylation sites is 1. The predicted molar refractivity (Wildman–Crippen MR) is 91.3 cm³/mol. The minimum atomic E-state index is -0.141. The van der Waals surface area contributed by atoms with Crippen LogP contribution in [-0.4, -0.2) is 45.8 Å². The molecule has 1 N–H and O–H groups in total. The molecule has 2 atom stereocenters. The van der Waals surface area contributed by atoms with Crippen molar-refractivity contribution in [2.75, 3.05) is 19.7 Å². The lowest BCUT2D eigenvalue weighted by Crippen LogP contribution is -2.44. The maximum atomic E-state index is 12.6. The number of thioether (sulfide) groups is 1. The van der Waals surface area contributed by atoms with E-state index in [1.807, 2.05) is 30.0 Å². The Hall–Kier alpha value is -1.11. The number of nitrogens with zero attached hydrogens (tertiary/aromatic N) is 2. The molecular formula is C16H20N2O2S2. The second-order valence-electron chi connectivity index (χ2n) is 5.68. The number of hydrogen-bond acceptors (Lipinski definition) is 5. The number of carbonyl (C=O) groups is 1. The van der Waals surface area contributed by atoms with Crippen molar-refractivity contribution in [2.24, 2.45) is 5.92 Å². The summed E-state index contributed by atoms with van der Waals surface area (Å²) in [5, 5.41) is 9.15. The van der Waals surface area contributed by atoms with Gasteiger partial charge in [-0.25, -0.2) is 4.98 Å². The molecule has 0 bridgehead atoms. The number of hydrogen-bond donors (Lipinski definition) is 1. The van der Waals surface area contributed by atoms with Crippen LogP contribution in [-0.2, 0) is 4.79 Å². The third-order valence-electron chi connectivity index (χ3n) is 3.99. The van der Waals surface area contributed by atoms with Crippen LogP contribution in [0.25, 0.3) is 10.2 Å². The molecule has 2 unspecified atom stereocenters. The number of fused-ring (bicyclic) bond motifs is 1. The van der Waals surface area contributed by atoms with Crippen LogP contribution in [0.15, 0.2) is 28.6 Å². The van der Waals surface area contributed by atoms with Gasteiger partial charge in [0.05, 0.1) is 15.5 Å². The Bertz CT molecular complexity index is 625. The fourth-order valence-electron chi connectivity index (χ4n) is 2.77. The van der Waals surface area contributed by atoms with E-state index in [2.05, 4.69) is 11.1 Å². The number of aromatic nitrogens is 1. The summed E-state index contributed by atoms with van der Waals surface area (Å²) in [7, 11) is 0. The van der Waals surface area contributed by atoms with Gasteiger partial charge in [-0.2, -0.15) is 0 Å². The molecule has 22 heavy (non-hydrogen) atoms. The van der Waals surface area contributed by atoms with Crippen molar-refractivity contribution in [3.05, 3.63) is 24.3 Å². The first-order chi connectivity index (χ1) is 10.7. The van der Waals surface area contributed by atoms with E-state index in [1.165, 1.54) is 11.8 Å².